The molecule has 0 atom stereocenters. The molecule has 5 heteroatoms. The summed E-state index contributed by atoms with van der Waals surface area (Å²) in [6.07, 6.45) is 10.3. The average molecular weight is 411 g/mol. The van der Waals surface area contributed by atoms with Crippen LogP contribution in [-0.4, -0.2) is 31.4 Å². The van der Waals surface area contributed by atoms with Crippen molar-refractivity contribution in [3.8, 4) is 5.75 Å². The summed E-state index contributed by atoms with van der Waals surface area (Å²) in [5.74, 6) is 1.50. The lowest BCUT2D eigenvalue weighted by molar-refractivity contribution is 0.340. The molecule has 0 aliphatic rings. The Bertz CT molecular complexity index is 799. The molecular formula is C25H38N4O. The molecule has 0 fully saturated rings. The van der Waals surface area contributed by atoms with Gasteiger partial charge in [-0.25, -0.2) is 4.99 Å². The number of amidine groups is 1. The summed E-state index contributed by atoms with van der Waals surface area (Å²) < 4.78 is 5.57. The monoisotopic (exact) mass is 410 g/mol. The van der Waals surface area contributed by atoms with E-state index >= 15 is 0 Å². The molecule has 0 unspecified atom stereocenters. The van der Waals surface area contributed by atoms with Gasteiger partial charge in [-0.15, -0.1) is 0 Å². The molecule has 0 bridgehead atoms. The van der Waals surface area contributed by atoms with Gasteiger partial charge in [-0.1, -0.05) is 39.0 Å². The molecule has 1 rings (SSSR count). The average Bonchev–Trinajstić information content (AvgIpc) is 2.77. The number of anilines is 1. The summed E-state index contributed by atoms with van der Waals surface area (Å²) in [7, 11) is 1.77. The first-order valence-corrected chi connectivity index (χ1v) is 10.6. The molecule has 0 heterocycles. The highest BCUT2D eigenvalue weighted by atomic mass is 16.5. The predicted molar refractivity (Wildman–Crippen MR) is 134 cm³/mol. The summed E-state index contributed by atoms with van der Waals surface area (Å²) in [6, 6.07) is 7.81. The van der Waals surface area contributed by atoms with Crippen LogP contribution in [0.4, 0.5) is 5.69 Å². The largest absolute Gasteiger partial charge is 0.494 e. The van der Waals surface area contributed by atoms with Gasteiger partial charge in [0.1, 0.15) is 5.75 Å². The van der Waals surface area contributed by atoms with Crippen LogP contribution in [-0.2, 0) is 0 Å². The van der Waals surface area contributed by atoms with Gasteiger partial charge < -0.3 is 10.1 Å². The smallest absolute Gasteiger partial charge is 0.151 e. The third-order valence-electron chi connectivity index (χ3n) is 3.85. The maximum absolute atomic E-state index is 5.57. The van der Waals surface area contributed by atoms with Crippen LogP contribution in [0, 0.1) is 0 Å². The van der Waals surface area contributed by atoms with E-state index in [0.717, 1.165) is 34.7 Å². The SMILES string of the molecule is C/C=C\N=C(Nc1cccc(OCC)c1)C(C)=N/C=C(CC)/C(C=NC)=C/C.CC. The van der Waals surface area contributed by atoms with Crippen molar-refractivity contribution in [3.63, 3.8) is 0 Å². The molecule has 164 valence electrons. The highest BCUT2D eigenvalue weighted by Crippen LogP contribution is 2.18. The van der Waals surface area contributed by atoms with Crippen LogP contribution in [0.5, 0.6) is 5.75 Å². The Balaban J connectivity index is 0.00000407. The van der Waals surface area contributed by atoms with Gasteiger partial charge in [0.15, 0.2) is 5.84 Å². The Morgan fingerprint density at radius 1 is 1.13 bits per heavy atom. The molecule has 0 saturated heterocycles. The standard InChI is InChI=1S/C23H32N4O.C2H6/c1-7-14-25-23(27-21-12-11-13-22(15-21)28-10-4)18(5)26-17-20(9-3)19(8-2)16-24-6;1-2/h7-8,11-17H,9-10H2,1-6H3,(H,25,27);1-2H3/b14-7-,19-8+,20-17+,24-16?,26-18?;. The quantitative estimate of drug-likeness (QED) is 0.275. The Labute approximate surface area is 183 Å². The highest BCUT2D eigenvalue weighted by Gasteiger charge is 2.06. The van der Waals surface area contributed by atoms with E-state index in [2.05, 4.69) is 27.2 Å². The third kappa shape index (κ3) is 10.0. The molecule has 30 heavy (non-hydrogen) atoms. The number of ether oxygens (including phenoxy) is 1. The fraction of sp³-hybridized carbons (Fsp3) is 0.400. The van der Waals surface area contributed by atoms with Gasteiger partial charge >= 0.3 is 0 Å². The lowest BCUT2D eigenvalue weighted by Crippen LogP contribution is -2.20. The topological polar surface area (TPSA) is 58.3 Å². The molecule has 0 radical (unpaired) electrons. The number of aliphatic imine (C=N–C) groups is 3. The van der Waals surface area contributed by atoms with Gasteiger partial charge in [-0.05, 0) is 57.4 Å². The number of hydrogen-bond donors (Lipinski definition) is 1. The van der Waals surface area contributed by atoms with E-state index in [1.54, 1.807) is 13.2 Å². The van der Waals surface area contributed by atoms with Crippen LogP contribution in [0.25, 0.3) is 0 Å². The zero-order valence-electron chi connectivity index (χ0n) is 19.9. The summed E-state index contributed by atoms with van der Waals surface area (Å²) in [5.41, 5.74) is 3.88. The van der Waals surface area contributed by atoms with Crippen LogP contribution in [0.2, 0.25) is 0 Å². The zero-order valence-corrected chi connectivity index (χ0v) is 19.9. The number of hydrogen-bond acceptors (Lipinski definition) is 4. The number of allylic oxidation sites excluding steroid dienone is 4. The predicted octanol–water partition coefficient (Wildman–Crippen LogP) is 6.86. The van der Waals surface area contributed by atoms with E-state index in [-0.39, 0.29) is 0 Å². The van der Waals surface area contributed by atoms with E-state index in [0.29, 0.717) is 12.4 Å². The van der Waals surface area contributed by atoms with Gasteiger partial charge in [0.05, 0.1) is 12.3 Å². The first-order chi connectivity index (χ1) is 14.6. The van der Waals surface area contributed by atoms with Crippen LogP contribution < -0.4 is 10.1 Å². The fourth-order valence-electron chi connectivity index (χ4n) is 2.42. The maximum atomic E-state index is 5.57. The van der Waals surface area contributed by atoms with Crippen molar-refractivity contribution >= 4 is 23.4 Å². The first-order valence-electron chi connectivity index (χ1n) is 10.6. The van der Waals surface area contributed by atoms with E-state index in [1.165, 1.54) is 0 Å². The lowest BCUT2D eigenvalue weighted by Gasteiger charge is -2.11. The van der Waals surface area contributed by atoms with Gasteiger partial charge in [0.2, 0.25) is 0 Å². The van der Waals surface area contributed by atoms with Crippen molar-refractivity contribution in [3.05, 3.63) is 60.0 Å². The van der Waals surface area contributed by atoms with Crippen LogP contribution in [0.1, 0.15) is 54.9 Å². The maximum Gasteiger partial charge on any atom is 0.151 e. The summed E-state index contributed by atoms with van der Waals surface area (Å²) in [5, 5.41) is 3.34. The van der Waals surface area contributed by atoms with Crippen molar-refractivity contribution in [2.24, 2.45) is 15.0 Å². The number of rotatable bonds is 9. The van der Waals surface area contributed by atoms with Gasteiger partial charge in [-0.3, -0.25) is 9.98 Å². The second-order valence-corrected chi connectivity index (χ2v) is 5.90. The fourth-order valence-corrected chi connectivity index (χ4v) is 2.42. The van der Waals surface area contributed by atoms with Gasteiger partial charge in [0, 0.05) is 37.4 Å². The molecule has 1 aromatic carbocycles. The first kappa shape index (κ1) is 27.0. The number of nitrogens with zero attached hydrogens (tertiary/aromatic N) is 3. The molecule has 0 spiro atoms. The zero-order chi connectivity index (χ0) is 22.8. The molecule has 0 saturated carbocycles. The molecule has 0 amide bonds. The van der Waals surface area contributed by atoms with Crippen molar-refractivity contribution in [1.29, 1.82) is 0 Å². The summed E-state index contributed by atoms with van der Waals surface area (Å²) >= 11 is 0. The highest BCUT2D eigenvalue weighted by molar-refractivity contribution is 6.45. The third-order valence-corrected chi connectivity index (χ3v) is 3.85. The van der Waals surface area contributed by atoms with E-state index in [1.807, 2.05) is 90.4 Å². The molecule has 0 aromatic heterocycles. The van der Waals surface area contributed by atoms with Crippen molar-refractivity contribution in [2.45, 2.75) is 54.9 Å². The molecule has 0 aliphatic carbocycles. The number of nitrogens with one attached hydrogen (secondary N) is 1. The van der Waals surface area contributed by atoms with Crippen molar-refractivity contribution < 1.29 is 4.74 Å². The van der Waals surface area contributed by atoms with Crippen molar-refractivity contribution in [1.82, 2.24) is 0 Å². The van der Waals surface area contributed by atoms with Crippen LogP contribution in [0.15, 0.2) is 74.9 Å². The summed E-state index contributed by atoms with van der Waals surface area (Å²) in [6.45, 7) is 14.6. The van der Waals surface area contributed by atoms with Crippen molar-refractivity contribution in [2.75, 3.05) is 19.0 Å². The Kier molecular flexibility index (Phi) is 15.3. The second kappa shape index (κ2) is 17.0. The minimum atomic E-state index is 0.627. The van der Waals surface area contributed by atoms with E-state index < -0.39 is 0 Å². The minimum Gasteiger partial charge on any atom is -0.494 e. The Morgan fingerprint density at radius 2 is 1.87 bits per heavy atom. The molecule has 1 N–H and O–H groups in total. The normalized spacial score (nSPS) is 13.5. The number of benzene rings is 1. The lowest BCUT2D eigenvalue weighted by atomic mass is 10.1. The van der Waals surface area contributed by atoms with E-state index in [4.69, 9.17) is 4.74 Å². The Hall–Kier alpha value is -2.95. The molecular weight excluding hydrogens is 372 g/mol. The summed E-state index contributed by atoms with van der Waals surface area (Å²) in [4.78, 5) is 13.3. The molecule has 0 aliphatic heterocycles. The molecule has 5 nitrogen and oxygen atoms in total. The van der Waals surface area contributed by atoms with Gasteiger partial charge in [0.25, 0.3) is 0 Å². The van der Waals surface area contributed by atoms with Gasteiger partial charge in [-0.2, -0.15) is 0 Å². The van der Waals surface area contributed by atoms with Crippen LogP contribution in [0.3, 0.4) is 0 Å². The Morgan fingerprint density at radius 3 is 2.43 bits per heavy atom. The van der Waals surface area contributed by atoms with Crippen LogP contribution >= 0.6 is 0 Å². The minimum absolute atomic E-state index is 0.627. The molecule has 1 aromatic rings. The van der Waals surface area contributed by atoms with E-state index in [9.17, 15) is 0 Å². The second-order valence-electron chi connectivity index (χ2n) is 5.90.